The third-order valence-corrected chi connectivity index (χ3v) is 5.92. The smallest absolute Gasteiger partial charge is 0.255 e. The highest BCUT2D eigenvalue weighted by Gasteiger charge is 2.30. The predicted octanol–water partition coefficient (Wildman–Crippen LogP) is 4.77. The van der Waals surface area contributed by atoms with Gasteiger partial charge < -0.3 is 10.6 Å². The zero-order valence-corrected chi connectivity index (χ0v) is 19.8. The number of benzene rings is 1. The highest BCUT2D eigenvalue weighted by molar-refractivity contribution is 6.33. The summed E-state index contributed by atoms with van der Waals surface area (Å²) in [5.74, 6) is -0.173. The molecule has 6 nitrogen and oxygen atoms in total. The Balaban J connectivity index is 1.83. The molecule has 2 aromatic rings. The quantitative estimate of drug-likeness (QED) is 0.697. The summed E-state index contributed by atoms with van der Waals surface area (Å²) in [6.45, 7) is 10.0. The van der Waals surface area contributed by atoms with Crippen molar-refractivity contribution in [1.29, 1.82) is 0 Å². The average Bonchev–Trinajstić information content (AvgIpc) is 3.14. The van der Waals surface area contributed by atoms with E-state index in [0.29, 0.717) is 22.7 Å². The zero-order valence-electron chi connectivity index (χ0n) is 19.0. The number of amides is 2. The zero-order chi connectivity index (χ0) is 22.8. The van der Waals surface area contributed by atoms with Crippen molar-refractivity contribution in [2.24, 2.45) is 5.92 Å². The Morgan fingerprint density at radius 3 is 2.55 bits per heavy atom. The van der Waals surface area contributed by atoms with E-state index in [4.69, 9.17) is 16.7 Å². The largest absolute Gasteiger partial charge is 0.354 e. The molecule has 1 aliphatic rings. The molecule has 1 fully saturated rings. The van der Waals surface area contributed by atoms with E-state index in [-0.39, 0.29) is 35.4 Å². The molecule has 0 spiro atoms. The third-order valence-electron chi connectivity index (χ3n) is 5.59. The van der Waals surface area contributed by atoms with Gasteiger partial charge in [-0.05, 0) is 59.9 Å². The first-order valence-corrected chi connectivity index (χ1v) is 11.4. The van der Waals surface area contributed by atoms with E-state index < -0.39 is 0 Å². The van der Waals surface area contributed by atoms with Crippen molar-refractivity contribution in [3.8, 4) is 11.3 Å². The normalized spacial score (nSPS) is 19.3. The van der Waals surface area contributed by atoms with Crippen molar-refractivity contribution in [2.45, 2.75) is 77.9 Å². The SMILES string of the molecule is CC(C)NC(=O)C1CCCC(NC(=O)c2cn(C(C)(C)C)nc2-c2ccccc2Cl)C1. The first-order valence-electron chi connectivity index (χ1n) is 11.0. The van der Waals surface area contributed by atoms with Gasteiger partial charge in [0.15, 0.2) is 0 Å². The standard InChI is InChI=1S/C24H33ClN4O2/c1-15(2)26-22(30)16-9-8-10-17(13-16)27-23(31)19-14-29(24(3,4)5)28-21(19)18-11-6-7-12-20(18)25/h6-7,11-12,14-17H,8-10,13H2,1-5H3,(H,26,30)(H,27,31). The number of nitrogens with zero attached hydrogens (tertiary/aromatic N) is 2. The van der Waals surface area contributed by atoms with Crippen molar-refractivity contribution in [3.05, 3.63) is 41.0 Å². The van der Waals surface area contributed by atoms with Crippen molar-refractivity contribution in [3.63, 3.8) is 0 Å². The Bertz CT molecular complexity index is 945. The number of carbonyl (C=O) groups excluding carboxylic acids is 2. The minimum absolute atomic E-state index is 0.0405. The second-order valence-electron chi connectivity index (χ2n) is 9.68. The summed E-state index contributed by atoms with van der Waals surface area (Å²) in [5.41, 5.74) is 1.52. The van der Waals surface area contributed by atoms with Crippen molar-refractivity contribution in [1.82, 2.24) is 20.4 Å². The van der Waals surface area contributed by atoms with Crippen LogP contribution >= 0.6 is 11.6 Å². The van der Waals surface area contributed by atoms with Crippen molar-refractivity contribution >= 4 is 23.4 Å². The number of halogens is 1. The lowest BCUT2D eigenvalue weighted by Crippen LogP contribution is -2.43. The molecule has 1 aliphatic carbocycles. The van der Waals surface area contributed by atoms with Gasteiger partial charge in [-0.15, -0.1) is 0 Å². The van der Waals surface area contributed by atoms with Gasteiger partial charge in [0.05, 0.1) is 16.1 Å². The molecule has 31 heavy (non-hydrogen) atoms. The molecule has 2 amide bonds. The number of aromatic nitrogens is 2. The van der Waals surface area contributed by atoms with Crippen LogP contribution in [-0.2, 0) is 10.3 Å². The fourth-order valence-corrected chi connectivity index (χ4v) is 4.19. The van der Waals surface area contributed by atoms with Crippen LogP contribution in [0.3, 0.4) is 0 Å². The van der Waals surface area contributed by atoms with Crippen LogP contribution in [0.1, 0.15) is 70.7 Å². The van der Waals surface area contributed by atoms with Crippen LogP contribution < -0.4 is 10.6 Å². The maximum absolute atomic E-state index is 13.3. The first-order chi connectivity index (χ1) is 14.6. The maximum Gasteiger partial charge on any atom is 0.255 e. The van der Waals surface area contributed by atoms with E-state index in [1.807, 2.05) is 52.8 Å². The molecule has 2 unspecified atom stereocenters. The van der Waals surface area contributed by atoms with Crippen LogP contribution in [0.15, 0.2) is 30.5 Å². The summed E-state index contributed by atoms with van der Waals surface area (Å²) < 4.78 is 1.81. The fraction of sp³-hybridized carbons (Fsp3) is 0.542. The Morgan fingerprint density at radius 1 is 1.19 bits per heavy atom. The summed E-state index contributed by atoms with van der Waals surface area (Å²) >= 11 is 6.42. The molecule has 0 aliphatic heterocycles. The van der Waals surface area contributed by atoms with Crippen molar-refractivity contribution < 1.29 is 9.59 Å². The summed E-state index contributed by atoms with van der Waals surface area (Å²) in [5, 5.41) is 11.4. The summed E-state index contributed by atoms with van der Waals surface area (Å²) in [6, 6.07) is 7.49. The van der Waals surface area contributed by atoms with Crippen LogP contribution in [-0.4, -0.2) is 33.7 Å². The Hall–Kier alpha value is -2.34. The van der Waals surface area contributed by atoms with Crippen LogP contribution in [0.5, 0.6) is 0 Å². The molecule has 3 rings (SSSR count). The van der Waals surface area contributed by atoms with Gasteiger partial charge >= 0.3 is 0 Å². The lowest BCUT2D eigenvalue weighted by atomic mass is 9.85. The summed E-state index contributed by atoms with van der Waals surface area (Å²) in [7, 11) is 0. The molecule has 7 heteroatoms. The van der Waals surface area contributed by atoms with Gasteiger partial charge in [-0.25, -0.2) is 0 Å². The van der Waals surface area contributed by atoms with Gasteiger partial charge in [-0.1, -0.05) is 36.2 Å². The minimum atomic E-state index is -0.278. The van der Waals surface area contributed by atoms with Gasteiger partial charge in [0.25, 0.3) is 5.91 Å². The van der Waals surface area contributed by atoms with Gasteiger partial charge in [0, 0.05) is 29.8 Å². The molecule has 0 radical (unpaired) electrons. The van der Waals surface area contributed by atoms with E-state index in [0.717, 1.165) is 24.8 Å². The highest BCUT2D eigenvalue weighted by atomic mass is 35.5. The summed E-state index contributed by atoms with van der Waals surface area (Å²) in [4.78, 5) is 25.8. The molecule has 2 atom stereocenters. The second kappa shape index (κ2) is 9.43. The topological polar surface area (TPSA) is 76.0 Å². The second-order valence-corrected chi connectivity index (χ2v) is 10.1. The molecular weight excluding hydrogens is 412 g/mol. The molecular formula is C24H33ClN4O2. The minimum Gasteiger partial charge on any atom is -0.354 e. The number of rotatable bonds is 5. The molecule has 1 heterocycles. The van der Waals surface area contributed by atoms with E-state index in [2.05, 4.69) is 10.6 Å². The van der Waals surface area contributed by atoms with Crippen LogP contribution in [0.4, 0.5) is 0 Å². The van der Waals surface area contributed by atoms with Crippen molar-refractivity contribution in [2.75, 3.05) is 0 Å². The molecule has 2 N–H and O–H groups in total. The van der Waals surface area contributed by atoms with Gasteiger partial charge in [-0.3, -0.25) is 14.3 Å². The Kier molecular flexibility index (Phi) is 7.10. The fourth-order valence-electron chi connectivity index (χ4n) is 3.96. The van der Waals surface area contributed by atoms with E-state index in [1.54, 1.807) is 16.9 Å². The molecule has 0 saturated heterocycles. The predicted molar refractivity (Wildman–Crippen MR) is 124 cm³/mol. The van der Waals surface area contributed by atoms with Crippen LogP contribution in [0, 0.1) is 5.92 Å². The van der Waals surface area contributed by atoms with Gasteiger partial charge in [0.2, 0.25) is 5.91 Å². The molecule has 1 saturated carbocycles. The van der Waals surface area contributed by atoms with Crippen LogP contribution in [0.2, 0.25) is 5.02 Å². The lowest BCUT2D eigenvalue weighted by molar-refractivity contribution is -0.126. The number of carbonyl (C=O) groups is 2. The lowest BCUT2D eigenvalue weighted by Gasteiger charge is -2.29. The average molecular weight is 445 g/mol. The molecule has 1 aromatic heterocycles. The van der Waals surface area contributed by atoms with E-state index >= 15 is 0 Å². The third kappa shape index (κ3) is 5.67. The Morgan fingerprint density at radius 2 is 1.90 bits per heavy atom. The highest BCUT2D eigenvalue weighted by Crippen LogP contribution is 2.31. The number of nitrogens with one attached hydrogen (secondary N) is 2. The molecule has 0 bridgehead atoms. The number of hydrogen-bond acceptors (Lipinski definition) is 3. The van der Waals surface area contributed by atoms with Gasteiger partial charge in [0.1, 0.15) is 5.69 Å². The summed E-state index contributed by atoms with van der Waals surface area (Å²) in [6.07, 6.45) is 5.09. The molecule has 168 valence electrons. The van der Waals surface area contributed by atoms with Gasteiger partial charge in [-0.2, -0.15) is 5.10 Å². The first kappa shape index (κ1) is 23.3. The van der Waals surface area contributed by atoms with E-state index in [1.165, 1.54) is 0 Å². The van der Waals surface area contributed by atoms with Crippen LogP contribution in [0.25, 0.3) is 11.3 Å². The van der Waals surface area contributed by atoms with E-state index in [9.17, 15) is 9.59 Å². The monoisotopic (exact) mass is 444 g/mol. The molecule has 1 aromatic carbocycles. The Labute approximate surface area is 189 Å². The maximum atomic E-state index is 13.3. The number of hydrogen-bond donors (Lipinski definition) is 2.